The number of hydrogen-bond acceptors (Lipinski definition) is 4. The van der Waals surface area contributed by atoms with Gasteiger partial charge in [0.2, 0.25) is 11.8 Å². The van der Waals surface area contributed by atoms with Crippen molar-refractivity contribution in [2.24, 2.45) is 5.92 Å². The average molecular weight is 354 g/mol. The summed E-state index contributed by atoms with van der Waals surface area (Å²) < 4.78 is 48.3. The molecule has 2 aromatic rings. The van der Waals surface area contributed by atoms with Gasteiger partial charge in [0.15, 0.2) is 0 Å². The number of fused-ring (bicyclic) bond motifs is 1. The first-order valence-electron chi connectivity index (χ1n) is 7.78. The molecule has 0 radical (unpaired) electrons. The summed E-state index contributed by atoms with van der Waals surface area (Å²) in [5.41, 5.74) is 0. The highest BCUT2D eigenvalue weighted by Crippen LogP contribution is 2.31. The molecule has 1 amide bonds. The number of methoxy groups -OCH3 is 1. The smallest absolute Gasteiger partial charge is 0.389 e. The van der Waals surface area contributed by atoms with Gasteiger partial charge in [-0.25, -0.2) is 4.98 Å². The SMILES string of the molecule is COc1ccc2ccnc(OC[C@@H]3C[C@@H](CC(F)(F)F)C(=O)N3)c2c1. The van der Waals surface area contributed by atoms with Crippen LogP contribution in [0.15, 0.2) is 30.5 Å². The fourth-order valence-electron chi connectivity index (χ4n) is 2.94. The second-order valence-electron chi connectivity index (χ2n) is 5.97. The minimum Gasteiger partial charge on any atom is -0.497 e. The van der Waals surface area contributed by atoms with Crippen molar-refractivity contribution in [2.45, 2.75) is 25.1 Å². The third kappa shape index (κ3) is 4.12. The zero-order valence-electron chi connectivity index (χ0n) is 13.5. The Bertz CT molecular complexity index is 779. The number of carbonyl (C=O) groups is 1. The van der Waals surface area contributed by atoms with E-state index in [4.69, 9.17) is 9.47 Å². The summed E-state index contributed by atoms with van der Waals surface area (Å²) in [7, 11) is 1.55. The molecule has 1 fully saturated rings. The lowest BCUT2D eigenvalue weighted by Gasteiger charge is -2.13. The van der Waals surface area contributed by atoms with Gasteiger partial charge in [0.25, 0.3) is 0 Å². The summed E-state index contributed by atoms with van der Waals surface area (Å²) in [5, 5.41) is 4.18. The molecule has 134 valence electrons. The molecule has 0 bridgehead atoms. The number of alkyl halides is 3. The van der Waals surface area contributed by atoms with Crippen LogP contribution in [-0.4, -0.2) is 36.8 Å². The van der Waals surface area contributed by atoms with Crippen LogP contribution in [0.5, 0.6) is 11.6 Å². The lowest BCUT2D eigenvalue weighted by molar-refractivity contribution is -0.151. The van der Waals surface area contributed by atoms with Crippen LogP contribution in [0.4, 0.5) is 13.2 Å². The van der Waals surface area contributed by atoms with Crippen LogP contribution in [0.1, 0.15) is 12.8 Å². The van der Waals surface area contributed by atoms with Crippen LogP contribution in [0.25, 0.3) is 10.8 Å². The third-order valence-electron chi connectivity index (χ3n) is 4.12. The van der Waals surface area contributed by atoms with Gasteiger partial charge < -0.3 is 14.8 Å². The fourth-order valence-corrected chi connectivity index (χ4v) is 2.94. The summed E-state index contributed by atoms with van der Waals surface area (Å²) in [4.78, 5) is 15.8. The van der Waals surface area contributed by atoms with Crippen molar-refractivity contribution in [3.63, 3.8) is 0 Å². The van der Waals surface area contributed by atoms with Gasteiger partial charge in [-0.15, -0.1) is 0 Å². The normalized spacial score (nSPS) is 20.6. The maximum absolute atomic E-state index is 12.5. The van der Waals surface area contributed by atoms with Crippen LogP contribution >= 0.6 is 0 Å². The number of benzene rings is 1. The lowest BCUT2D eigenvalue weighted by Crippen LogP contribution is -2.31. The number of rotatable bonds is 5. The van der Waals surface area contributed by atoms with E-state index in [2.05, 4.69) is 10.3 Å². The lowest BCUT2D eigenvalue weighted by atomic mass is 10.0. The zero-order chi connectivity index (χ0) is 18.0. The van der Waals surface area contributed by atoms with Crippen molar-refractivity contribution in [1.29, 1.82) is 0 Å². The Morgan fingerprint density at radius 1 is 1.32 bits per heavy atom. The number of pyridine rings is 1. The number of aromatic nitrogens is 1. The molecule has 5 nitrogen and oxygen atoms in total. The molecule has 0 saturated carbocycles. The number of carbonyl (C=O) groups excluding carboxylic acids is 1. The van der Waals surface area contributed by atoms with E-state index in [1.54, 1.807) is 19.4 Å². The predicted molar refractivity (Wildman–Crippen MR) is 84.5 cm³/mol. The monoisotopic (exact) mass is 354 g/mol. The van der Waals surface area contributed by atoms with Gasteiger partial charge in [-0.1, -0.05) is 6.07 Å². The van der Waals surface area contributed by atoms with Crippen molar-refractivity contribution in [3.05, 3.63) is 30.5 Å². The van der Waals surface area contributed by atoms with Crippen molar-refractivity contribution in [1.82, 2.24) is 10.3 Å². The van der Waals surface area contributed by atoms with Crippen molar-refractivity contribution in [2.75, 3.05) is 13.7 Å². The van der Waals surface area contributed by atoms with E-state index >= 15 is 0 Å². The number of nitrogens with one attached hydrogen (secondary N) is 1. The number of ether oxygens (including phenoxy) is 2. The largest absolute Gasteiger partial charge is 0.497 e. The molecule has 8 heteroatoms. The van der Waals surface area contributed by atoms with Crippen molar-refractivity contribution < 1.29 is 27.4 Å². The molecule has 1 aromatic heterocycles. The van der Waals surface area contributed by atoms with E-state index in [1.807, 2.05) is 18.2 Å². The predicted octanol–water partition coefficient (Wildman–Crippen LogP) is 3.08. The molecule has 0 unspecified atom stereocenters. The van der Waals surface area contributed by atoms with Gasteiger partial charge in [0.05, 0.1) is 19.6 Å². The Morgan fingerprint density at radius 3 is 2.84 bits per heavy atom. The van der Waals surface area contributed by atoms with Gasteiger partial charge >= 0.3 is 6.18 Å². The van der Waals surface area contributed by atoms with Crippen molar-refractivity contribution >= 4 is 16.7 Å². The number of hydrogen-bond donors (Lipinski definition) is 1. The van der Waals surface area contributed by atoms with Crippen LogP contribution in [0.2, 0.25) is 0 Å². The second kappa shape index (κ2) is 6.78. The van der Waals surface area contributed by atoms with Gasteiger partial charge in [-0.05, 0) is 30.0 Å². The Labute approximate surface area is 142 Å². The quantitative estimate of drug-likeness (QED) is 0.896. The van der Waals surface area contributed by atoms with Crippen LogP contribution < -0.4 is 14.8 Å². The third-order valence-corrected chi connectivity index (χ3v) is 4.12. The maximum Gasteiger partial charge on any atom is 0.389 e. The molecule has 1 N–H and O–H groups in total. The highest BCUT2D eigenvalue weighted by Gasteiger charge is 2.40. The zero-order valence-corrected chi connectivity index (χ0v) is 13.5. The summed E-state index contributed by atoms with van der Waals surface area (Å²) in [6, 6.07) is 6.79. The minimum atomic E-state index is -4.36. The molecule has 0 spiro atoms. The summed E-state index contributed by atoms with van der Waals surface area (Å²) in [5.74, 6) is -0.651. The Hall–Kier alpha value is -2.51. The Balaban J connectivity index is 1.68. The number of nitrogens with zero attached hydrogens (tertiary/aromatic N) is 1. The van der Waals surface area contributed by atoms with Crippen LogP contribution in [-0.2, 0) is 4.79 Å². The summed E-state index contributed by atoms with van der Waals surface area (Å²) in [6.45, 7) is 0.0589. The van der Waals surface area contributed by atoms with E-state index in [0.717, 1.165) is 10.8 Å². The van der Waals surface area contributed by atoms with Gasteiger partial charge in [0.1, 0.15) is 12.4 Å². The van der Waals surface area contributed by atoms with E-state index in [9.17, 15) is 18.0 Å². The molecule has 2 heterocycles. The first-order chi connectivity index (χ1) is 11.9. The molecule has 0 aliphatic carbocycles. The Kier molecular flexibility index (Phi) is 4.69. The van der Waals surface area contributed by atoms with Gasteiger partial charge in [0, 0.05) is 17.5 Å². The van der Waals surface area contributed by atoms with Crippen molar-refractivity contribution in [3.8, 4) is 11.6 Å². The summed E-state index contributed by atoms with van der Waals surface area (Å²) in [6.07, 6.45) is -3.79. The molecule has 1 aromatic carbocycles. The molecular weight excluding hydrogens is 337 g/mol. The molecule has 3 rings (SSSR count). The fraction of sp³-hybridized carbons (Fsp3) is 0.412. The van der Waals surface area contributed by atoms with E-state index in [-0.39, 0.29) is 13.0 Å². The highest BCUT2D eigenvalue weighted by molar-refractivity contribution is 5.88. The van der Waals surface area contributed by atoms with E-state index in [1.165, 1.54) is 0 Å². The minimum absolute atomic E-state index is 0.0589. The average Bonchev–Trinajstić information content (AvgIpc) is 2.90. The molecule has 25 heavy (non-hydrogen) atoms. The first-order valence-corrected chi connectivity index (χ1v) is 7.78. The molecule has 2 atom stereocenters. The highest BCUT2D eigenvalue weighted by atomic mass is 19.4. The van der Waals surface area contributed by atoms with Crippen LogP contribution in [0, 0.1) is 5.92 Å². The molecule has 1 saturated heterocycles. The Morgan fingerprint density at radius 2 is 2.12 bits per heavy atom. The topological polar surface area (TPSA) is 60.5 Å². The van der Waals surface area contributed by atoms with E-state index in [0.29, 0.717) is 11.6 Å². The van der Waals surface area contributed by atoms with Gasteiger partial charge in [-0.2, -0.15) is 13.2 Å². The number of amides is 1. The molecule has 1 aliphatic rings. The standard InChI is InChI=1S/C17H17F3N2O3/c1-24-13-3-2-10-4-5-21-16(14(10)7-13)25-9-12-6-11(15(23)22-12)8-17(18,19)20/h2-5,7,11-12H,6,8-9H2,1H3,(H,22,23)/t11-,12-/m0/s1. The summed E-state index contributed by atoms with van der Waals surface area (Å²) >= 11 is 0. The van der Waals surface area contributed by atoms with Crippen LogP contribution in [0.3, 0.4) is 0 Å². The number of halogens is 3. The van der Waals surface area contributed by atoms with Gasteiger partial charge in [-0.3, -0.25) is 4.79 Å². The maximum atomic E-state index is 12.5. The van der Waals surface area contributed by atoms with E-state index < -0.39 is 30.5 Å². The second-order valence-corrected chi connectivity index (χ2v) is 5.97. The first kappa shape index (κ1) is 17.3. The molecule has 1 aliphatic heterocycles. The molecular formula is C17H17F3N2O3.